The normalized spacial score (nSPS) is 13.6. The minimum atomic E-state index is -0.272. The molecule has 0 spiro atoms. The van der Waals surface area contributed by atoms with E-state index in [1.807, 2.05) is 19.4 Å². The van der Waals surface area contributed by atoms with Gasteiger partial charge in [-0.15, -0.1) is 11.3 Å². The standard InChI is InChI=1S/C9H16N2OS/c1-7-6-13-9(10-7)5-11(3)4-8(2)12/h6,8,12H,4-5H2,1-3H3. The second kappa shape index (κ2) is 4.69. The van der Waals surface area contributed by atoms with Crippen LogP contribution < -0.4 is 0 Å². The van der Waals surface area contributed by atoms with Crippen LogP contribution in [-0.4, -0.2) is 34.7 Å². The van der Waals surface area contributed by atoms with Crippen LogP contribution in [0, 0.1) is 6.92 Å². The lowest BCUT2D eigenvalue weighted by molar-refractivity contribution is 0.138. The highest BCUT2D eigenvalue weighted by Gasteiger charge is 2.05. The van der Waals surface area contributed by atoms with Crippen LogP contribution >= 0.6 is 11.3 Å². The summed E-state index contributed by atoms with van der Waals surface area (Å²) in [5.41, 5.74) is 1.07. The first-order chi connectivity index (χ1) is 6.08. The van der Waals surface area contributed by atoms with Gasteiger partial charge in [0.05, 0.1) is 12.6 Å². The minimum Gasteiger partial charge on any atom is -0.392 e. The van der Waals surface area contributed by atoms with Gasteiger partial charge in [-0.05, 0) is 20.9 Å². The van der Waals surface area contributed by atoms with Crippen molar-refractivity contribution in [2.45, 2.75) is 26.5 Å². The van der Waals surface area contributed by atoms with Gasteiger partial charge in [0.25, 0.3) is 0 Å². The van der Waals surface area contributed by atoms with Crippen LogP contribution in [-0.2, 0) is 6.54 Å². The lowest BCUT2D eigenvalue weighted by Crippen LogP contribution is -2.26. The average Bonchev–Trinajstić information content (AvgIpc) is 2.33. The summed E-state index contributed by atoms with van der Waals surface area (Å²) in [6, 6.07) is 0. The summed E-state index contributed by atoms with van der Waals surface area (Å²) in [6.07, 6.45) is -0.272. The van der Waals surface area contributed by atoms with Gasteiger partial charge in [-0.3, -0.25) is 4.90 Å². The van der Waals surface area contributed by atoms with Crippen molar-refractivity contribution in [3.8, 4) is 0 Å². The second-order valence-corrected chi connectivity index (χ2v) is 4.37. The van der Waals surface area contributed by atoms with E-state index in [1.165, 1.54) is 0 Å². The first-order valence-electron chi connectivity index (χ1n) is 4.35. The summed E-state index contributed by atoms with van der Waals surface area (Å²) in [5.74, 6) is 0. The van der Waals surface area contributed by atoms with E-state index in [2.05, 4.69) is 9.88 Å². The van der Waals surface area contributed by atoms with E-state index in [0.717, 1.165) is 17.2 Å². The third-order valence-electron chi connectivity index (χ3n) is 1.65. The highest BCUT2D eigenvalue weighted by atomic mass is 32.1. The molecule has 74 valence electrons. The summed E-state index contributed by atoms with van der Waals surface area (Å²) in [6.45, 7) is 5.31. The van der Waals surface area contributed by atoms with Crippen LogP contribution in [0.2, 0.25) is 0 Å². The number of hydrogen-bond acceptors (Lipinski definition) is 4. The molecule has 1 aromatic heterocycles. The number of aryl methyl sites for hydroxylation is 1. The van der Waals surface area contributed by atoms with Gasteiger partial charge in [-0.25, -0.2) is 4.98 Å². The molecule has 1 aromatic rings. The zero-order chi connectivity index (χ0) is 9.84. The van der Waals surface area contributed by atoms with Crippen molar-refractivity contribution in [2.75, 3.05) is 13.6 Å². The average molecular weight is 200 g/mol. The highest BCUT2D eigenvalue weighted by molar-refractivity contribution is 7.09. The van der Waals surface area contributed by atoms with Crippen LogP contribution in [0.3, 0.4) is 0 Å². The van der Waals surface area contributed by atoms with Crippen molar-refractivity contribution in [1.29, 1.82) is 0 Å². The molecular weight excluding hydrogens is 184 g/mol. The number of rotatable bonds is 4. The molecule has 0 aliphatic carbocycles. The fourth-order valence-corrected chi connectivity index (χ4v) is 2.07. The van der Waals surface area contributed by atoms with E-state index < -0.39 is 0 Å². The van der Waals surface area contributed by atoms with Gasteiger partial charge in [0.15, 0.2) is 0 Å². The van der Waals surface area contributed by atoms with Crippen molar-refractivity contribution in [3.63, 3.8) is 0 Å². The Labute approximate surface area is 83.0 Å². The molecule has 0 saturated carbocycles. The summed E-state index contributed by atoms with van der Waals surface area (Å²) in [4.78, 5) is 6.43. The molecule has 1 N–H and O–H groups in total. The lowest BCUT2D eigenvalue weighted by atomic mass is 10.4. The maximum Gasteiger partial charge on any atom is 0.107 e. The van der Waals surface area contributed by atoms with Crippen LogP contribution in [0.15, 0.2) is 5.38 Å². The fourth-order valence-electron chi connectivity index (χ4n) is 1.22. The first kappa shape index (κ1) is 10.6. The predicted molar refractivity (Wildman–Crippen MR) is 54.9 cm³/mol. The largest absolute Gasteiger partial charge is 0.392 e. The molecule has 0 aromatic carbocycles. The Morgan fingerprint density at radius 1 is 1.69 bits per heavy atom. The Balaban J connectivity index is 2.40. The molecule has 1 unspecified atom stereocenters. The smallest absolute Gasteiger partial charge is 0.107 e. The minimum absolute atomic E-state index is 0.272. The number of aliphatic hydroxyl groups is 1. The molecule has 13 heavy (non-hydrogen) atoms. The maximum atomic E-state index is 9.15. The Morgan fingerprint density at radius 3 is 2.85 bits per heavy atom. The monoisotopic (exact) mass is 200 g/mol. The Bertz CT molecular complexity index is 260. The SMILES string of the molecule is Cc1csc(CN(C)CC(C)O)n1. The van der Waals surface area contributed by atoms with Gasteiger partial charge in [0.2, 0.25) is 0 Å². The Morgan fingerprint density at radius 2 is 2.38 bits per heavy atom. The first-order valence-corrected chi connectivity index (χ1v) is 5.23. The van der Waals surface area contributed by atoms with Gasteiger partial charge in [-0.2, -0.15) is 0 Å². The number of aliphatic hydroxyl groups excluding tert-OH is 1. The summed E-state index contributed by atoms with van der Waals surface area (Å²) in [5, 5.41) is 12.3. The zero-order valence-corrected chi connectivity index (χ0v) is 9.14. The number of thiazole rings is 1. The molecule has 0 radical (unpaired) electrons. The number of hydrogen-bond donors (Lipinski definition) is 1. The predicted octanol–water partition coefficient (Wildman–Crippen LogP) is 1.26. The lowest BCUT2D eigenvalue weighted by Gasteiger charge is -2.16. The highest BCUT2D eigenvalue weighted by Crippen LogP contribution is 2.10. The topological polar surface area (TPSA) is 36.4 Å². The number of likely N-dealkylation sites (N-methyl/N-ethyl adjacent to an activating group) is 1. The molecule has 0 fully saturated rings. The molecule has 3 nitrogen and oxygen atoms in total. The van der Waals surface area contributed by atoms with Crippen LogP contribution in [0.4, 0.5) is 0 Å². The van der Waals surface area contributed by atoms with Gasteiger partial charge < -0.3 is 5.11 Å². The van der Waals surface area contributed by atoms with Gasteiger partial charge >= 0.3 is 0 Å². The maximum absolute atomic E-state index is 9.15. The number of nitrogens with zero attached hydrogens (tertiary/aromatic N) is 2. The molecule has 0 amide bonds. The molecular formula is C9H16N2OS. The van der Waals surface area contributed by atoms with E-state index in [4.69, 9.17) is 5.11 Å². The van der Waals surface area contributed by atoms with E-state index in [0.29, 0.717) is 6.54 Å². The molecule has 0 saturated heterocycles. The van der Waals surface area contributed by atoms with Gasteiger partial charge in [0.1, 0.15) is 5.01 Å². The molecule has 0 aliphatic rings. The number of aromatic nitrogens is 1. The van der Waals surface area contributed by atoms with Crippen LogP contribution in [0.25, 0.3) is 0 Å². The van der Waals surface area contributed by atoms with Gasteiger partial charge in [-0.1, -0.05) is 0 Å². The van der Waals surface area contributed by atoms with E-state index in [9.17, 15) is 0 Å². The van der Waals surface area contributed by atoms with E-state index in [1.54, 1.807) is 18.3 Å². The second-order valence-electron chi connectivity index (χ2n) is 3.43. The molecule has 0 aliphatic heterocycles. The van der Waals surface area contributed by atoms with E-state index in [-0.39, 0.29) is 6.10 Å². The summed E-state index contributed by atoms with van der Waals surface area (Å²) < 4.78 is 0. The molecule has 1 heterocycles. The third-order valence-corrected chi connectivity index (χ3v) is 2.60. The molecule has 0 bridgehead atoms. The molecule has 1 atom stereocenters. The van der Waals surface area contributed by atoms with Crippen LogP contribution in [0.1, 0.15) is 17.6 Å². The Hall–Kier alpha value is -0.450. The van der Waals surface area contributed by atoms with Gasteiger partial charge in [0, 0.05) is 17.6 Å². The molecule has 1 rings (SSSR count). The molecule has 4 heteroatoms. The van der Waals surface area contributed by atoms with Crippen molar-refractivity contribution < 1.29 is 5.11 Å². The Kier molecular flexibility index (Phi) is 3.84. The van der Waals surface area contributed by atoms with Crippen molar-refractivity contribution in [1.82, 2.24) is 9.88 Å². The zero-order valence-electron chi connectivity index (χ0n) is 8.32. The third kappa shape index (κ3) is 3.85. The fraction of sp³-hybridized carbons (Fsp3) is 0.667. The summed E-state index contributed by atoms with van der Waals surface area (Å²) in [7, 11) is 1.99. The van der Waals surface area contributed by atoms with Crippen molar-refractivity contribution in [2.24, 2.45) is 0 Å². The van der Waals surface area contributed by atoms with Crippen LogP contribution in [0.5, 0.6) is 0 Å². The van der Waals surface area contributed by atoms with Crippen molar-refractivity contribution in [3.05, 3.63) is 16.1 Å². The van der Waals surface area contributed by atoms with Crippen molar-refractivity contribution >= 4 is 11.3 Å². The quantitative estimate of drug-likeness (QED) is 0.795. The van der Waals surface area contributed by atoms with E-state index >= 15 is 0 Å². The summed E-state index contributed by atoms with van der Waals surface area (Å²) >= 11 is 1.67.